The maximum atomic E-state index is 1.56. The summed E-state index contributed by atoms with van der Waals surface area (Å²) in [7, 11) is 0. The smallest absolute Gasteiger partial charge is 0.0386 e. The summed E-state index contributed by atoms with van der Waals surface area (Å²) in [6, 6.07) is 0. The van der Waals surface area contributed by atoms with Gasteiger partial charge in [0.2, 0.25) is 0 Å². The Balaban J connectivity index is 1.81. The van der Waals surface area contributed by atoms with Gasteiger partial charge >= 0.3 is 0 Å². The van der Waals surface area contributed by atoms with E-state index >= 15 is 0 Å². The van der Waals surface area contributed by atoms with Crippen LogP contribution in [0.2, 0.25) is 0 Å². The van der Waals surface area contributed by atoms with E-state index in [-0.39, 0.29) is 0 Å². The van der Waals surface area contributed by atoms with Crippen molar-refractivity contribution < 1.29 is 0 Å². The summed E-state index contributed by atoms with van der Waals surface area (Å²) in [5.41, 5.74) is 0. The van der Waals surface area contributed by atoms with Crippen LogP contribution in [0.3, 0.4) is 0 Å². The van der Waals surface area contributed by atoms with E-state index in [1.807, 2.05) is 0 Å². The molecule has 0 radical (unpaired) electrons. The van der Waals surface area contributed by atoms with Crippen LogP contribution < -0.4 is 0 Å². The molecule has 0 amide bonds. The van der Waals surface area contributed by atoms with Gasteiger partial charge in [0.1, 0.15) is 0 Å². The average molecular weight is 222 g/mol. The van der Waals surface area contributed by atoms with Crippen molar-refractivity contribution in [3.8, 4) is 0 Å². The van der Waals surface area contributed by atoms with Crippen LogP contribution in [-0.4, -0.2) is 0 Å². The van der Waals surface area contributed by atoms with E-state index in [4.69, 9.17) is 0 Å². The Morgan fingerprint density at radius 3 is 0.875 bits per heavy atom. The molecule has 0 N–H and O–H groups in total. The van der Waals surface area contributed by atoms with E-state index in [9.17, 15) is 0 Å². The third kappa shape index (κ3) is 4.11. The molecule has 0 nitrogen and oxygen atoms in total. The maximum Gasteiger partial charge on any atom is -0.0386 e. The molecule has 0 aliphatic heterocycles. The molecule has 0 atom stereocenters. The first kappa shape index (κ1) is 12.5. The highest BCUT2D eigenvalue weighted by Gasteiger charge is 2.22. The fourth-order valence-electron chi connectivity index (χ4n) is 3.92. The van der Waals surface area contributed by atoms with Crippen molar-refractivity contribution in [1.29, 1.82) is 0 Å². The number of hydrogen-bond acceptors (Lipinski definition) is 0. The van der Waals surface area contributed by atoms with Gasteiger partial charge in [0.25, 0.3) is 0 Å². The quantitative estimate of drug-likeness (QED) is 0.533. The summed E-state index contributed by atoms with van der Waals surface area (Å²) in [5.74, 6) is 2.22. The maximum absolute atomic E-state index is 1.56. The molecule has 0 unspecified atom stereocenters. The van der Waals surface area contributed by atoms with Crippen molar-refractivity contribution >= 4 is 0 Å². The van der Waals surface area contributed by atoms with Crippen LogP contribution in [0.15, 0.2) is 0 Å². The lowest BCUT2D eigenvalue weighted by molar-refractivity contribution is 0.221. The zero-order chi connectivity index (χ0) is 11.1. The highest BCUT2D eigenvalue weighted by atomic mass is 14.3. The molecule has 0 heterocycles. The summed E-state index contributed by atoms with van der Waals surface area (Å²) < 4.78 is 0. The third-order valence-corrected chi connectivity index (χ3v) is 4.97. The van der Waals surface area contributed by atoms with Crippen molar-refractivity contribution in [3.63, 3.8) is 0 Å². The van der Waals surface area contributed by atoms with Gasteiger partial charge in [0.15, 0.2) is 0 Å². The van der Waals surface area contributed by atoms with Crippen LogP contribution in [0.25, 0.3) is 0 Å². The number of rotatable bonds is 1. The molecule has 2 rings (SSSR count). The van der Waals surface area contributed by atoms with Gasteiger partial charge in [-0.05, 0) is 11.8 Å². The lowest BCUT2D eigenvalue weighted by Gasteiger charge is -2.30. The second-order valence-electron chi connectivity index (χ2n) is 6.21. The zero-order valence-electron chi connectivity index (χ0n) is 11.1. The Morgan fingerprint density at radius 1 is 0.312 bits per heavy atom. The Morgan fingerprint density at radius 2 is 0.562 bits per heavy atom. The molecular weight excluding hydrogens is 192 g/mol. The Bertz CT molecular complexity index is 137. The lowest BCUT2D eigenvalue weighted by Crippen LogP contribution is -2.17. The molecule has 0 aromatic rings. The van der Waals surface area contributed by atoms with Crippen molar-refractivity contribution in [1.82, 2.24) is 0 Å². The Hall–Kier alpha value is 0. The second-order valence-corrected chi connectivity index (χ2v) is 6.21. The average Bonchev–Trinajstić information content (AvgIpc) is 2.18. The van der Waals surface area contributed by atoms with Gasteiger partial charge in [-0.3, -0.25) is 0 Å². The van der Waals surface area contributed by atoms with Crippen molar-refractivity contribution in [2.45, 2.75) is 89.9 Å². The summed E-state index contributed by atoms with van der Waals surface area (Å²) in [6.07, 6.45) is 21.4. The molecule has 2 aliphatic rings. The summed E-state index contributed by atoms with van der Waals surface area (Å²) >= 11 is 0. The standard InChI is InChI=1S/C16H30/c1-3-7-11-15(12-8-4-1)16-13-9-5-2-6-10-14-16/h15-16H,1-14H2. The van der Waals surface area contributed by atoms with Crippen LogP contribution in [0.1, 0.15) is 89.9 Å². The van der Waals surface area contributed by atoms with E-state index < -0.39 is 0 Å². The molecule has 94 valence electrons. The van der Waals surface area contributed by atoms with Crippen molar-refractivity contribution in [2.24, 2.45) is 11.8 Å². The predicted molar refractivity (Wildman–Crippen MR) is 71.6 cm³/mol. The van der Waals surface area contributed by atoms with Gasteiger partial charge in [0, 0.05) is 0 Å². The minimum Gasteiger partial charge on any atom is -0.0533 e. The zero-order valence-corrected chi connectivity index (χ0v) is 11.1. The van der Waals surface area contributed by atoms with Crippen LogP contribution in [-0.2, 0) is 0 Å². The monoisotopic (exact) mass is 222 g/mol. The minimum absolute atomic E-state index is 1.11. The van der Waals surface area contributed by atoms with Gasteiger partial charge in [0.05, 0.1) is 0 Å². The van der Waals surface area contributed by atoms with E-state index in [0.717, 1.165) is 11.8 Å². The van der Waals surface area contributed by atoms with E-state index in [1.165, 1.54) is 64.2 Å². The second kappa shape index (κ2) is 7.35. The first-order chi connectivity index (χ1) is 7.97. The fraction of sp³-hybridized carbons (Fsp3) is 1.00. The van der Waals surface area contributed by atoms with Crippen LogP contribution in [0.4, 0.5) is 0 Å². The third-order valence-electron chi connectivity index (χ3n) is 4.97. The van der Waals surface area contributed by atoms with Crippen LogP contribution in [0.5, 0.6) is 0 Å². The highest BCUT2D eigenvalue weighted by molar-refractivity contribution is 4.74. The molecule has 2 fully saturated rings. The highest BCUT2D eigenvalue weighted by Crippen LogP contribution is 2.35. The molecule has 0 bridgehead atoms. The molecule has 2 saturated carbocycles. The first-order valence-electron chi connectivity index (χ1n) is 7.97. The lowest BCUT2D eigenvalue weighted by atomic mass is 9.76. The fourth-order valence-corrected chi connectivity index (χ4v) is 3.92. The molecule has 2 aliphatic carbocycles. The topological polar surface area (TPSA) is 0 Å². The Labute approximate surface area is 102 Å². The molecule has 0 spiro atoms. The van der Waals surface area contributed by atoms with Gasteiger partial charge < -0.3 is 0 Å². The van der Waals surface area contributed by atoms with Gasteiger partial charge in [-0.25, -0.2) is 0 Å². The van der Waals surface area contributed by atoms with E-state index in [1.54, 1.807) is 25.7 Å². The van der Waals surface area contributed by atoms with E-state index in [2.05, 4.69) is 0 Å². The number of hydrogen-bond donors (Lipinski definition) is 0. The van der Waals surface area contributed by atoms with E-state index in [0.29, 0.717) is 0 Å². The summed E-state index contributed by atoms with van der Waals surface area (Å²) in [5, 5.41) is 0. The van der Waals surface area contributed by atoms with Gasteiger partial charge in [-0.15, -0.1) is 0 Å². The first-order valence-corrected chi connectivity index (χ1v) is 7.97. The minimum atomic E-state index is 1.11. The normalized spacial score (nSPS) is 27.8. The summed E-state index contributed by atoms with van der Waals surface area (Å²) in [6.45, 7) is 0. The van der Waals surface area contributed by atoms with Crippen LogP contribution >= 0.6 is 0 Å². The molecule has 0 saturated heterocycles. The molecule has 0 aromatic heterocycles. The molecule has 0 aromatic carbocycles. The van der Waals surface area contributed by atoms with Crippen molar-refractivity contribution in [2.75, 3.05) is 0 Å². The van der Waals surface area contributed by atoms with Gasteiger partial charge in [-0.2, -0.15) is 0 Å². The SMILES string of the molecule is C1CCCC(C2CCCCCCC2)CCC1. The molecule has 0 heteroatoms. The largest absolute Gasteiger partial charge is 0.0533 e. The molecular formula is C16H30. The summed E-state index contributed by atoms with van der Waals surface area (Å²) in [4.78, 5) is 0. The van der Waals surface area contributed by atoms with Gasteiger partial charge in [-0.1, -0.05) is 89.9 Å². The van der Waals surface area contributed by atoms with Crippen molar-refractivity contribution in [3.05, 3.63) is 0 Å². The van der Waals surface area contributed by atoms with Crippen LogP contribution in [0, 0.1) is 11.8 Å². The molecule has 16 heavy (non-hydrogen) atoms. The predicted octanol–water partition coefficient (Wildman–Crippen LogP) is 5.71. The Kier molecular flexibility index (Phi) is 5.72.